The molecule has 0 fully saturated rings. The highest BCUT2D eigenvalue weighted by atomic mass is 35.5. The molecule has 1 aliphatic heterocycles. The molecule has 7 nitrogen and oxygen atoms in total. The Hall–Kier alpha value is -3.45. The summed E-state index contributed by atoms with van der Waals surface area (Å²) in [6.45, 7) is 2.84. The van der Waals surface area contributed by atoms with Gasteiger partial charge in [0, 0.05) is 24.9 Å². The number of rotatable bonds is 5. The third kappa shape index (κ3) is 4.03. The monoisotopic (exact) mass is 446 g/mol. The molecule has 0 amide bonds. The van der Waals surface area contributed by atoms with Crippen LogP contribution in [-0.2, 0) is 6.54 Å². The number of ether oxygens (including phenoxy) is 1. The summed E-state index contributed by atoms with van der Waals surface area (Å²) >= 11 is 5.95. The van der Waals surface area contributed by atoms with Gasteiger partial charge >= 0.3 is 0 Å². The SMILES string of the molecule is COc1cc(C=Cc2nc3n(n2)CCCC3c2ccc(Cl)nc2)ccc1-n1cnc(C)c1. The predicted octanol–water partition coefficient (Wildman–Crippen LogP) is 4.93. The van der Waals surface area contributed by atoms with Crippen molar-refractivity contribution in [3.8, 4) is 11.4 Å². The molecule has 3 aromatic heterocycles. The molecule has 5 rings (SSSR count). The van der Waals surface area contributed by atoms with Gasteiger partial charge in [0.25, 0.3) is 0 Å². The van der Waals surface area contributed by atoms with Crippen molar-refractivity contribution in [1.29, 1.82) is 0 Å². The Morgan fingerprint density at radius 3 is 2.81 bits per heavy atom. The summed E-state index contributed by atoms with van der Waals surface area (Å²) in [7, 11) is 1.67. The van der Waals surface area contributed by atoms with Crippen molar-refractivity contribution in [3.05, 3.63) is 82.7 Å². The number of pyridine rings is 1. The highest BCUT2D eigenvalue weighted by molar-refractivity contribution is 6.29. The molecule has 4 aromatic rings. The van der Waals surface area contributed by atoms with E-state index in [0.717, 1.165) is 53.5 Å². The third-order valence-electron chi connectivity index (χ3n) is 5.66. The average Bonchev–Trinajstić information content (AvgIpc) is 3.43. The maximum Gasteiger partial charge on any atom is 0.174 e. The topological polar surface area (TPSA) is 70.7 Å². The third-order valence-corrected chi connectivity index (χ3v) is 5.89. The molecule has 1 atom stereocenters. The first-order valence-electron chi connectivity index (χ1n) is 10.5. The van der Waals surface area contributed by atoms with Crippen LogP contribution in [0.15, 0.2) is 49.1 Å². The van der Waals surface area contributed by atoms with Crippen LogP contribution in [0.1, 0.15) is 47.2 Å². The molecule has 4 heterocycles. The van der Waals surface area contributed by atoms with E-state index in [0.29, 0.717) is 11.0 Å². The number of methoxy groups -OCH3 is 1. The van der Waals surface area contributed by atoms with Gasteiger partial charge in [-0.1, -0.05) is 29.8 Å². The fourth-order valence-electron chi connectivity index (χ4n) is 4.08. The number of hydrogen-bond donors (Lipinski definition) is 0. The van der Waals surface area contributed by atoms with Gasteiger partial charge in [0.1, 0.15) is 16.7 Å². The number of aromatic nitrogens is 6. The first-order valence-corrected chi connectivity index (χ1v) is 10.9. The van der Waals surface area contributed by atoms with Gasteiger partial charge in [-0.2, -0.15) is 5.10 Å². The lowest BCUT2D eigenvalue weighted by Crippen LogP contribution is -2.18. The zero-order valence-electron chi connectivity index (χ0n) is 17.9. The molecule has 0 bridgehead atoms. The van der Waals surface area contributed by atoms with Crippen LogP contribution in [0.25, 0.3) is 17.8 Å². The second kappa shape index (κ2) is 8.59. The minimum atomic E-state index is 0.182. The quantitative estimate of drug-likeness (QED) is 0.407. The molecule has 0 N–H and O–H groups in total. The minimum Gasteiger partial charge on any atom is -0.495 e. The van der Waals surface area contributed by atoms with E-state index in [1.807, 2.05) is 71.1 Å². The van der Waals surface area contributed by atoms with Gasteiger partial charge in [-0.15, -0.1) is 0 Å². The van der Waals surface area contributed by atoms with Crippen LogP contribution in [0.4, 0.5) is 0 Å². The molecule has 0 aliphatic carbocycles. The van der Waals surface area contributed by atoms with Crippen LogP contribution in [0.3, 0.4) is 0 Å². The van der Waals surface area contributed by atoms with E-state index >= 15 is 0 Å². The average molecular weight is 447 g/mol. The molecule has 1 aliphatic rings. The summed E-state index contributed by atoms with van der Waals surface area (Å²) < 4.78 is 9.57. The lowest BCUT2D eigenvalue weighted by atomic mass is 9.92. The second-order valence-electron chi connectivity index (χ2n) is 7.85. The molecular weight excluding hydrogens is 424 g/mol. The molecule has 32 heavy (non-hydrogen) atoms. The van der Waals surface area contributed by atoms with Gasteiger partial charge in [-0.05, 0) is 55.2 Å². The summed E-state index contributed by atoms with van der Waals surface area (Å²) in [5, 5.41) is 5.20. The fraction of sp³-hybridized carbons (Fsp3) is 0.250. The Labute approximate surface area is 191 Å². The van der Waals surface area contributed by atoms with Crippen molar-refractivity contribution < 1.29 is 4.74 Å². The molecule has 0 saturated heterocycles. The number of imidazole rings is 1. The summed E-state index contributed by atoms with van der Waals surface area (Å²) in [4.78, 5) is 13.3. The van der Waals surface area contributed by atoms with E-state index in [9.17, 15) is 0 Å². The highest BCUT2D eigenvalue weighted by Gasteiger charge is 2.25. The van der Waals surface area contributed by atoms with Crippen molar-refractivity contribution >= 4 is 23.8 Å². The zero-order valence-corrected chi connectivity index (χ0v) is 18.7. The van der Waals surface area contributed by atoms with Crippen molar-refractivity contribution in [2.75, 3.05) is 7.11 Å². The van der Waals surface area contributed by atoms with Crippen LogP contribution in [0.2, 0.25) is 5.15 Å². The van der Waals surface area contributed by atoms with Crippen molar-refractivity contribution in [2.24, 2.45) is 0 Å². The Bertz CT molecular complexity index is 1270. The Kier molecular flexibility index (Phi) is 5.49. The molecule has 0 radical (unpaired) electrons. The van der Waals surface area contributed by atoms with E-state index in [1.165, 1.54) is 0 Å². The van der Waals surface area contributed by atoms with Gasteiger partial charge in [0.15, 0.2) is 5.82 Å². The fourth-order valence-corrected chi connectivity index (χ4v) is 4.20. The van der Waals surface area contributed by atoms with E-state index in [2.05, 4.69) is 9.97 Å². The van der Waals surface area contributed by atoms with Crippen LogP contribution in [0, 0.1) is 6.92 Å². The van der Waals surface area contributed by atoms with Gasteiger partial charge in [-0.3, -0.25) is 0 Å². The van der Waals surface area contributed by atoms with Crippen LogP contribution >= 0.6 is 11.6 Å². The molecule has 0 spiro atoms. The van der Waals surface area contributed by atoms with E-state index in [1.54, 1.807) is 13.4 Å². The lowest BCUT2D eigenvalue weighted by Gasteiger charge is -2.22. The summed E-state index contributed by atoms with van der Waals surface area (Å²) in [5.74, 6) is 2.63. The zero-order chi connectivity index (χ0) is 22.1. The normalized spacial score (nSPS) is 15.8. The molecule has 1 aromatic carbocycles. The summed E-state index contributed by atoms with van der Waals surface area (Å²) in [5.41, 5.74) is 4.03. The molecule has 1 unspecified atom stereocenters. The Balaban J connectivity index is 1.40. The summed E-state index contributed by atoms with van der Waals surface area (Å²) in [6, 6.07) is 9.92. The summed E-state index contributed by atoms with van der Waals surface area (Å²) in [6.07, 6.45) is 11.6. The number of benzene rings is 1. The number of aryl methyl sites for hydroxylation is 2. The smallest absolute Gasteiger partial charge is 0.174 e. The van der Waals surface area contributed by atoms with Crippen molar-refractivity contribution in [3.63, 3.8) is 0 Å². The molecular formula is C24H23ClN6O. The first-order chi connectivity index (χ1) is 15.6. The second-order valence-corrected chi connectivity index (χ2v) is 8.23. The van der Waals surface area contributed by atoms with E-state index in [-0.39, 0.29) is 5.92 Å². The first kappa shape index (κ1) is 20.5. The number of hydrogen-bond acceptors (Lipinski definition) is 5. The van der Waals surface area contributed by atoms with Crippen LogP contribution in [0.5, 0.6) is 5.75 Å². The number of nitrogens with zero attached hydrogens (tertiary/aromatic N) is 6. The standard InChI is InChI=1S/C24H23ClN6O/c1-16-14-30(15-27-16)20-8-5-17(12-21(20)32-2)6-10-23-28-24-19(4-3-11-31(24)29-23)18-7-9-22(25)26-13-18/h5-10,12-15,19H,3-4,11H2,1-2H3. The maximum absolute atomic E-state index is 5.95. The van der Waals surface area contributed by atoms with E-state index < -0.39 is 0 Å². The molecule has 8 heteroatoms. The highest BCUT2D eigenvalue weighted by Crippen LogP contribution is 2.32. The van der Waals surface area contributed by atoms with Crippen molar-refractivity contribution in [2.45, 2.75) is 32.2 Å². The van der Waals surface area contributed by atoms with Crippen LogP contribution < -0.4 is 4.74 Å². The van der Waals surface area contributed by atoms with Crippen LogP contribution in [-0.4, -0.2) is 36.4 Å². The van der Waals surface area contributed by atoms with Gasteiger partial charge < -0.3 is 9.30 Å². The Morgan fingerprint density at radius 1 is 1.16 bits per heavy atom. The Morgan fingerprint density at radius 2 is 2.06 bits per heavy atom. The largest absolute Gasteiger partial charge is 0.495 e. The van der Waals surface area contributed by atoms with Gasteiger partial charge in [-0.25, -0.2) is 19.6 Å². The number of fused-ring (bicyclic) bond motifs is 1. The van der Waals surface area contributed by atoms with Crippen molar-refractivity contribution in [1.82, 2.24) is 29.3 Å². The predicted molar refractivity (Wildman–Crippen MR) is 124 cm³/mol. The van der Waals surface area contributed by atoms with Gasteiger partial charge in [0.05, 0.1) is 24.8 Å². The number of halogens is 1. The minimum absolute atomic E-state index is 0.182. The lowest BCUT2D eigenvalue weighted by molar-refractivity contribution is 0.413. The molecule has 162 valence electrons. The molecule has 0 saturated carbocycles. The van der Waals surface area contributed by atoms with Gasteiger partial charge in [0.2, 0.25) is 0 Å². The maximum atomic E-state index is 5.95. The van der Waals surface area contributed by atoms with E-state index in [4.69, 9.17) is 26.4 Å².